The molecule has 2 aromatic rings. The van der Waals surface area contributed by atoms with E-state index < -0.39 is 15.1 Å². The van der Waals surface area contributed by atoms with E-state index in [0.29, 0.717) is 5.56 Å². The zero-order valence-corrected chi connectivity index (χ0v) is 13.5. The zero-order valence-electron chi connectivity index (χ0n) is 12.7. The topological polar surface area (TPSA) is 54.5 Å². The second-order valence-corrected chi connectivity index (χ2v) is 8.35. The van der Waals surface area contributed by atoms with Crippen LogP contribution in [0.4, 0.5) is 0 Å². The van der Waals surface area contributed by atoms with E-state index in [-0.39, 0.29) is 24.2 Å². The number of carbonyl (C=O) groups excluding carboxylic acids is 1. The standard InChI is InChI=1S/C17H19NO3S/c1-12-13(2)22(20,21)10-9-18(12)17(19)16-8-7-14-5-3-4-6-15(14)11-16/h3-8,11-13H,9-10H2,1-2H3. The highest BCUT2D eigenvalue weighted by molar-refractivity contribution is 7.92. The molecule has 1 aliphatic heterocycles. The van der Waals surface area contributed by atoms with Crippen molar-refractivity contribution in [1.29, 1.82) is 0 Å². The molecule has 0 aromatic heterocycles. The Bertz CT molecular complexity index is 829. The lowest BCUT2D eigenvalue weighted by molar-refractivity contribution is 0.0693. The van der Waals surface area contributed by atoms with Gasteiger partial charge in [-0.3, -0.25) is 4.79 Å². The molecule has 0 saturated carbocycles. The van der Waals surface area contributed by atoms with Crippen molar-refractivity contribution in [2.75, 3.05) is 12.3 Å². The zero-order chi connectivity index (χ0) is 15.9. The molecule has 3 rings (SSSR count). The lowest BCUT2D eigenvalue weighted by Crippen LogP contribution is -2.54. The molecule has 2 atom stereocenters. The van der Waals surface area contributed by atoms with E-state index in [2.05, 4.69) is 0 Å². The van der Waals surface area contributed by atoms with Crippen LogP contribution in [0.2, 0.25) is 0 Å². The van der Waals surface area contributed by atoms with E-state index in [1.165, 1.54) is 0 Å². The maximum atomic E-state index is 12.7. The number of fused-ring (bicyclic) bond motifs is 1. The Morgan fingerprint density at radius 1 is 1.09 bits per heavy atom. The number of nitrogens with zero attached hydrogens (tertiary/aromatic N) is 1. The third kappa shape index (κ3) is 2.50. The Morgan fingerprint density at radius 2 is 1.77 bits per heavy atom. The van der Waals surface area contributed by atoms with Crippen molar-refractivity contribution in [3.63, 3.8) is 0 Å². The lowest BCUT2D eigenvalue weighted by atomic mass is 10.1. The predicted octanol–water partition coefficient (Wildman–Crippen LogP) is 2.49. The molecular weight excluding hydrogens is 298 g/mol. The number of hydrogen-bond acceptors (Lipinski definition) is 3. The summed E-state index contributed by atoms with van der Waals surface area (Å²) in [4.78, 5) is 14.4. The molecule has 5 heteroatoms. The van der Waals surface area contributed by atoms with Gasteiger partial charge in [-0.15, -0.1) is 0 Å². The van der Waals surface area contributed by atoms with Gasteiger partial charge >= 0.3 is 0 Å². The number of hydrogen-bond donors (Lipinski definition) is 0. The van der Waals surface area contributed by atoms with Gasteiger partial charge < -0.3 is 4.90 Å². The quantitative estimate of drug-likeness (QED) is 0.812. The Morgan fingerprint density at radius 3 is 2.50 bits per heavy atom. The van der Waals surface area contributed by atoms with Crippen LogP contribution in [0.15, 0.2) is 42.5 Å². The van der Waals surface area contributed by atoms with Gasteiger partial charge in [0.25, 0.3) is 5.91 Å². The second-order valence-electron chi connectivity index (χ2n) is 5.87. The van der Waals surface area contributed by atoms with Gasteiger partial charge in [0.15, 0.2) is 9.84 Å². The first-order valence-electron chi connectivity index (χ1n) is 7.41. The van der Waals surface area contributed by atoms with Crippen molar-refractivity contribution < 1.29 is 13.2 Å². The van der Waals surface area contributed by atoms with Gasteiger partial charge in [-0.2, -0.15) is 0 Å². The van der Waals surface area contributed by atoms with Crippen LogP contribution < -0.4 is 0 Å². The Kier molecular flexibility index (Phi) is 3.68. The molecule has 1 saturated heterocycles. The van der Waals surface area contributed by atoms with E-state index in [4.69, 9.17) is 0 Å². The first-order chi connectivity index (χ1) is 10.4. The third-order valence-corrected chi connectivity index (χ3v) is 6.89. The van der Waals surface area contributed by atoms with Crippen LogP contribution in [-0.2, 0) is 9.84 Å². The van der Waals surface area contributed by atoms with Crippen LogP contribution in [-0.4, -0.2) is 42.8 Å². The second kappa shape index (κ2) is 5.39. The Hall–Kier alpha value is -1.88. The highest BCUT2D eigenvalue weighted by Crippen LogP contribution is 2.23. The maximum absolute atomic E-state index is 12.7. The maximum Gasteiger partial charge on any atom is 0.254 e. The van der Waals surface area contributed by atoms with E-state index in [0.717, 1.165) is 10.8 Å². The SMILES string of the molecule is CC1C(C)S(=O)(=O)CCN1C(=O)c1ccc2ccccc2c1. The minimum atomic E-state index is -3.09. The molecule has 1 aliphatic rings. The summed E-state index contributed by atoms with van der Waals surface area (Å²) < 4.78 is 23.9. The fourth-order valence-corrected chi connectivity index (χ4v) is 4.51. The summed E-state index contributed by atoms with van der Waals surface area (Å²) in [7, 11) is -3.09. The molecule has 22 heavy (non-hydrogen) atoms. The number of amides is 1. The average molecular weight is 317 g/mol. The molecule has 0 aliphatic carbocycles. The van der Waals surface area contributed by atoms with Gasteiger partial charge in [0.1, 0.15) is 0 Å². The van der Waals surface area contributed by atoms with Gasteiger partial charge in [0.2, 0.25) is 0 Å². The summed E-state index contributed by atoms with van der Waals surface area (Å²) in [5, 5.41) is 1.58. The van der Waals surface area contributed by atoms with Crippen molar-refractivity contribution in [2.45, 2.75) is 25.1 Å². The predicted molar refractivity (Wildman–Crippen MR) is 87.7 cm³/mol. The largest absolute Gasteiger partial charge is 0.334 e. The number of sulfone groups is 1. The smallest absolute Gasteiger partial charge is 0.254 e. The van der Waals surface area contributed by atoms with Crippen molar-refractivity contribution in [3.05, 3.63) is 48.0 Å². The van der Waals surface area contributed by atoms with Gasteiger partial charge in [-0.1, -0.05) is 30.3 Å². The van der Waals surface area contributed by atoms with Crippen molar-refractivity contribution in [3.8, 4) is 0 Å². The van der Waals surface area contributed by atoms with Gasteiger partial charge in [0, 0.05) is 18.2 Å². The van der Waals surface area contributed by atoms with E-state index in [1.807, 2.05) is 42.5 Å². The minimum absolute atomic E-state index is 0.0395. The Labute approximate surface area is 130 Å². The summed E-state index contributed by atoms with van der Waals surface area (Å²) >= 11 is 0. The van der Waals surface area contributed by atoms with Gasteiger partial charge in [0.05, 0.1) is 11.0 Å². The molecule has 0 radical (unpaired) electrons. The van der Waals surface area contributed by atoms with Crippen molar-refractivity contribution in [2.24, 2.45) is 0 Å². The van der Waals surface area contributed by atoms with Crippen LogP contribution in [0.3, 0.4) is 0 Å². The minimum Gasteiger partial charge on any atom is -0.334 e. The Balaban J connectivity index is 1.92. The molecular formula is C17H19NO3S. The molecule has 0 N–H and O–H groups in total. The van der Waals surface area contributed by atoms with Gasteiger partial charge in [-0.25, -0.2) is 8.42 Å². The molecule has 1 fully saturated rings. The molecule has 1 amide bonds. The highest BCUT2D eigenvalue weighted by atomic mass is 32.2. The molecule has 2 aromatic carbocycles. The molecule has 2 unspecified atom stereocenters. The van der Waals surface area contributed by atoms with E-state index >= 15 is 0 Å². The van der Waals surface area contributed by atoms with Crippen LogP contribution in [0.25, 0.3) is 10.8 Å². The highest BCUT2D eigenvalue weighted by Gasteiger charge is 2.38. The summed E-state index contributed by atoms with van der Waals surface area (Å²) in [6.45, 7) is 3.75. The van der Waals surface area contributed by atoms with Crippen LogP contribution in [0, 0.1) is 0 Å². The summed E-state index contributed by atoms with van der Waals surface area (Å²) in [6.07, 6.45) is 0. The molecule has 0 bridgehead atoms. The van der Waals surface area contributed by atoms with Crippen LogP contribution >= 0.6 is 0 Å². The summed E-state index contributed by atoms with van der Waals surface area (Å²) in [5.41, 5.74) is 0.608. The van der Waals surface area contributed by atoms with Gasteiger partial charge in [-0.05, 0) is 36.8 Å². The number of carbonyl (C=O) groups is 1. The van der Waals surface area contributed by atoms with Crippen molar-refractivity contribution in [1.82, 2.24) is 4.90 Å². The lowest BCUT2D eigenvalue weighted by Gasteiger charge is -2.37. The summed E-state index contributed by atoms with van der Waals surface area (Å²) in [6, 6.07) is 13.2. The molecule has 116 valence electrons. The molecule has 4 nitrogen and oxygen atoms in total. The first kappa shape index (κ1) is 15.0. The average Bonchev–Trinajstić information content (AvgIpc) is 2.52. The normalized spacial score (nSPS) is 24.4. The molecule has 1 heterocycles. The van der Waals surface area contributed by atoms with Crippen LogP contribution in [0.5, 0.6) is 0 Å². The third-order valence-electron chi connectivity index (χ3n) is 4.61. The van der Waals surface area contributed by atoms with Crippen molar-refractivity contribution >= 4 is 26.5 Å². The number of benzene rings is 2. The van der Waals surface area contributed by atoms with E-state index in [9.17, 15) is 13.2 Å². The summed E-state index contributed by atoms with van der Waals surface area (Å²) in [5.74, 6) is -0.0577. The first-order valence-corrected chi connectivity index (χ1v) is 9.13. The van der Waals surface area contributed by atoms with Crippen LogP contribution in [0.1, 0.15) is 24.2 Å². The fraction of sp³-hybridized carbons (Fsp3) is 0.353. The monoisotopic (exact) mass is 317 g/mol. The molecule has 0 spiro atoms. The van der Waals surface area contributed by atoms with E-state index in [1.54, 1.807) is 18.7 Å². The fourth-order valence-electron chi connectivity index (χ4n) is 2.94. The number of rotatable bonds is 1.